The molecule has 0 saturated carbocycles. The minimum Gasteiger partial charge on any atom is -0.459 e. The summed E-state index contributed by atoms with van der Waals surface area (Å²) in [6, 6.07) is 17.1. The van der Waals surface area contributed by atoms with Crippen LogP contribution in [-0.4, -0.2) is 46.5 Å². The zero-order valence-corrected chi connectivity index (χ0v) is 17.1. The molecule has 2 aromatic carbocycles. The molecule has 10 heteroatoms. The van der Waals surface area contributed by atoms with Crippen LogP contribution in [0.25, 0.3) is 0 Å². The molecule has 33 heavy (non-hydrogen) atoms. The quantitative estimate of drug-likeness (QED) is 0.565. The maximum Gasteiger partial charge on any atom is 0.338 e. The van der Waals surface area contributed by atoms with E-state index < -0.39 is 54.4 Å². The SMILES string of the molecule is O=C(OC[C@@H]1O[C@H](n2ccc(=O)[nH]c2=O)[C@H](F)[C@H]1OC(=O)c1ccccc1)c1ccccc1. The molecule has 0 unspecified atom stereocenters. The molecule has 1 aliphatic rings. The van der Waals surface area contributed by atoms with E-state index in [1.54, 1.807) is 48.5 Å². The van der Waals surface area contributed by atoms with Gasteiger partial charge >= 0.3 is 17.6 Å². The Morgan fingerprint density at radius 2 is 1.55 bits per heavy atom. The van der Waals surface area contributed by atoms with Crippen LogP contribution < -0.4 is 11.2 Å². The standard InChI is InChI=1S/C23H19FN2O7/c24-18-19(33-22(29)15-9-5-2-6-10-15)16(13-31-21(28)14-7-3-1-4-8-14)32-20(18)26-12-11-17(27)25-23(26)30/h1-12,16,18-20H,13H2,(H,25,27,30)/t16-,18+,19-,20-/m0/s1. The Morgan fingerprint density at radius 1 is 0.939 bits per heavy atom. The average Bonchev–Trinajstić information content (AvgIpc) is 3.13. The molecule has 0 aliphatic carbocycles. The second-order valence-corrected chi connectivity index (χ2v) is 7.23. The van der Waals surface area contributed by atoms with Crippen molar-refractivity contribution in [1.82, 2.24) is 9.55 Å². The molecule has 2 heterocycles. The van der Waals surface area contributed by atoms with Gasteiger partial charge in [0, 0.05) is 12.3 Å². The third kappa shape index (κ3) is 4.90. The van der Waals surface area contributed by atoms with Gasteiger partial charge in [0.15, 0.2) is 18.5 Å². The molecule has 9 nitrogen and oxygen atoms in total. The second-order valence-electron chi connectivity index (χ2n) is 7.23. The van der Waals surface area contributed by atoms with E-state index in [2.05, 4.69) is 0 Å². The number of H-pyrrole nitrogens is 1. The highest BCUT2D eigenvalue weighted by molar-refractivity contribution is 5.90. The first-order valence-corrected chi connectivity index (χ1v) is 10.0. The predicted molar refractivity (Wildman–Crippen MR) is 112 cm³/mol. The maximum atomic E-state index is 15.4. The highest BCUT2D eigenvalue weighted by atomic mass is 19.1. The molecular formula is C23H19FN2O7. The van der Waals surface area contributed by atoms with Crippen molar-refractivity contribution in [1.29, 1.82) is 0 Å². The predicted octanol–water partition coefficient (Wildman–Crippen LogP) is 1.85. The summed E-state index contributed by atoms with van der Waals surface area (Å²) in [5.74, 6) is -1.48. The summed E-state index contributed by atoms with van der Waals surface area (Å²) in [5, 5.41) is 0. The molecule has 1 saturated heterocycles. The first-order valence-electron chi connectivity index (χ1n) is 10.0. The van der Waals surface area contributed by atoms with Crippen molar-refractivity contribution in [3.8, 4) is 0 Å². The van der Waals surface area contributed by atoms with Gasteiger partial charge in [-0.3, -0.25) is 14.3 Å². The fourth-order valence-corrected chi connectivity index (χ4v) is 3.40. The number of hydrogen-bond donors (Lipinski definition) is 1. The fourth-order valence-electron chi connectivity index (χ4n) is 3.40. The Morgan fingerprint density at radius 3 is 2.15 bits per heavy atom. The molecule has 3 aromatic rings. The van der Waals surface area contributed by atoms with Gasteiger partial charge in [-0.05, 0) is 24.3 Å². The molecular weight excluding hydrogens is 435 g/mol. The van der Waals surface area contributed by atoms with Crippen molar-refractivity contribution in [2.45, 2.75) is 24.6 Å². The number of rotatable bonds is 6. The molecule has 0 amide bonds. The van der Waals surface area contributed by atoms with Crippen molar-refractivity contribution in [3.05, 3.63) is 105 Å². The minimum absolute atomic E-state index is 0.189. The summed E-state index contributed by atoms with van der Waals surface area (Å²) in [5.41, 5.74) is -1.09. The van der Waals surface area contributed by atoms with Crippen molar-refractivity contribution < 1.29 is 28.2 Å². The Kier molecular flexibility index (Phi) is 6.45. The Hall–Kier alpha value is -4.05. The van der Waals surface area contributed by atoms with Crippen molar-refractivity contribution >= 4 is 11.9 Å². The van der Waals surface area contributed by atoms with Crippen molar-refractivity contribution in [2.24, 2.45) is 0 Å². The van der Waals surface area contributed by atoms with Gasteiger partial charge in [-0.25, -0.2) is 18.8 Å². The molecule has 170 valence electrons. The smallest absolute Gasteiger partial charge is 0.338 e. The van der Waals surface area contributed by atoms with Crippen LogP contribution in [-0.2, 0) is 14.2 Å². The van der Waals surface area contributed by atoms with Crippen molar-refractivity contribution in [3.63, 3.8) is 0 Å². The van der Waals surface area contributed by atoms with Gasteiger partial charge in [-0.2, -0.15) is 0 Å². The Bertz CT molecular complexity index is 1240. The van der Waals surface area contributed by atoms with Crippen LogP contribution in [0.3, 0.4) is 0 Å². The van der Waals surface area contributed by atoms with E-state index >= 15 is 4.39 Å². The maximum absolute atomic E-state index is 15.4. The van der Waals surface area contributed by atoms with Gasteiger partial charge < -0.3 is 14.2 Å². The number of hydrogen-bond acceptors (Lipinski definition) is 7. The van der Waals surface area contributed by atoms with E-state index in [0.717, 1.165) is 16.8 Å². The zero-order chi connectivity index (χ0) is 23.4. The first-order chi connectivity index (χ1) is 15.9. The monoisotopic (exact) mass is 454 g/mol. The molecule has 1 fully saturated rings. The number of ether oxygens (including phenoxy) is 3. The summed E-state index contributed by atoms with van der Waals surface area (Å²) in [4.78, 5) is 50.4. The normalized spacial score (nSPS) is 22.0. The number of esters is 2. The van der Waals surface area contributed by atoms with Gasteiger partial charge in [0.1, 0.15) is 12.7 Å². The van der Waals surface area contributed by atoms with Crippen molar-refractivity contribution in [2.75, 3.05) is 6.61 Å². The van der Waals surface area contributed by atoms with E-state index in [9.17, 15) is 19.2 Å². The molecule has 0 bridgehead atoms. The lowest BCUT2D eigenvalue weighted by molar-refractivity contribution is -0.0592. The summed E-state index contributed by atoms with van der Waals surface area (Å²) in [6.45, 7) is -0.435. The number of carbonyl (C=O) groups excluding carboxylic acids is 2. The largest absolute Gasteiger partial charge is 0.459 e. The number of aromatic amines is 1. The highest BCUT2D eigenvalue weighted by Gasteiger charge is 2.49. The topological polar surface area (TPSA) is 117 Å². The lowest BCUT2D eigenvalue weighted by Gasteiger charge is -2.19. The molecule has 1 aliphatic heterocycles. The van der Waals surface area contributed by atoms with Gasteiger partial charge in [-0.15, -0.1) is 0 Å². The summed E-state index contributed by atoms with van der Waals surface area (Å²) in [7, 11) is 0. The van der Waals surface area contributed by atoms with E-state index in [0.29, 0.717) is 0 Å². The molecule has 4 rings (SSSR count). The molecule has 0 spiro atoms. The number of aromatic nitrogens is 2. The Balaban J connectivity index is 1.56. The Labute approximate surface area is 186 Å². The van der Waals surface area contributed by atoms with Gasteiger partial charge in [0.05, 0.1) is 11.1 Å². The lowest BCUT2D eigenvalue weighted by atomic mass is 10.1. The van der Waals surface area contributed by atoms with Crippen LogP contribution in [0.15, 0.2) is 82.5 Å². The number of nitrogens with one attached hydrogen (secondary N) is 1. The number of halogens is 1. The number of nitrogens with zero attached hydrogens (tertiary/aromatic N) is 1. The minimum atomic E-state index is -1.98. The lowest BCUT2D eigenvalue weighted by Crippen LogP contribution is -2.38. The number of carbonyl (C=O) groups is 2. The van der Waals surface area contributed by atoms with Gasteiger partial charge in [-0.1, -0.05) is 36.4 Å². The molecule has 1 N–H and O–H groups in total. The van der Waals surface area contributed by atoms with E-state index in [-0.39, 0.29) is 11.1 Å². The fraction of sp³-hybridized carbons (Fsp3) is 0.217. The number of alkyl halides is 1. The number of benzene rings is 2. The van der Waals surface area contributed by atoms with Gasteiger partial charge in [0.25, 0.3) is 5.56 Å². The van der Waals surface area contributed by atoms with Gasteiger partial charge in [0.2, 0.25) is 0 Å². The highest BCUT2D eigenvalue weighted by Crippen LogP contribution is 2.33. The first kappa shape index (κ1) is 22.2. The summed E-state index contributed by atoms with van der Waals surface area (Å²) < 4.78 is 32.5. The average molecular weight is 454 g/mol. The second kappa shape index (κ2) is 9.61. The van der Waals surface area contributed by atoms with Crippen LogP contribution in [0.4, 0.5) is 4.39 Å². The van der Waals surface area contributed by atoms with Crippen LogP contribution in [0.5, 0.6) is 0 Å². The van der Waals surface area contributed by atoms with E-state index in [1.165, 1.54) is 12.1 Å². The third-order valence-electron chi connectivity index (χ3n) is 5.03. The van der Waals surface area contributed by atoms with Crippen LogP contribution in [0, 0.1) is 0 Å². The van der Waals surface area contributed by atoms with E-state index in [4.69, 9.17) is 14.2 Å². The molecule has 1 aromatic heterocycles. The van der Waals surface area contributed by atoms with Crippen LogP contribution in [0.1, 0.15) is 26.9 Å². The molecule has 0 radical (unpaired) electrons. The third-order valence-corrected chi connectivity index (χ3v) is 5.03. The molecule has 4 atom stereocenters. The van der Waals surface area contributed by atoms with Crippen LogP contribution >= 0.6 is 0 Å². The van der Waals surface area contributed by atoms with E-state index in [1.807, 2.05) is 4.98 Å². The summed E-state index contributed by atoms with van der Waals surface area (Å²) in [6.07, 6.45) is -5.10. The summed E-state index contributed by atoms with van der Waals surface area (Å²) >= 11 is 0. The zero-order valence-electron chi connectivity index (χ0n) is 17.1. The van der Waals surface area contributed by atoms with Crippen LogP contribution in [0.2, 0.25) is 0 Å².